The molecular weight excluding hydrogens is 220 g/mol. The third kappa shape index (κ3) is 3.27. The van der Waals surface area contributed by atoms with Crippen LogP contribution in [0, 0.1) is 5.92 Å². The van der Waals surface area contributed by atoms with Crippen molar-refractivity contribution in [3.63, 3.8) is 0 Å². The monoisotopic (exact) mass is 240 g/mol. The predicted molar refractivity (Wildman–Crippen MR) is 66.8 cm³/mol. The molecule has 0 bridgehead atoms. The van der Waals surface area contributed by atoms with E-state index in [4.69, 9.17) is 4.74 Å². The van der Waals surface area contributed by atoms with Crippen LogP contribution < -0.4 is 5.32 Å². The van der Waals surface area contributed by atoms with Gasteiger partial charge in [0, 0.05) is 24.4 Å². The van der Waals surface area contributed by atoms with Crippen LogP contribution in [0.2, 0.25) is 0 Å². The van der Waals surface area contributed by atoms with Gasteiger partial charge in [0.2, 0.25) is 0 Å². The Hall–Kier alpha value is -0.450. The highest BCUT2D eigenvalue weighted by molar-refractivity contribution is 7.09. The van der Waals surface area contributed by atoms with Crippen molar-refractivity contribution in [1.29, 1.82) is 0 Å². The lowest BCUT2D eigenvalue weighted by Gasteiger charge is -2.05. The topological polar surface area (TPSA) is 34.2 Å². The lowest BCUT2D eigenvalue weighted by Crippen LogP contribution is -2.18. The first kappa shape index (κ1) is 12.0. The molecule has 1 aromatic heterocycles. The van der Waals surface area contributed by atoms with Gasteiger partial charge in [-0.15, -0.1) is 11.3 Å². The Morgan fingerprint density at radius 1 is 1.62 bits per heavy atom. The van der Waals surface area contributed by atoms with Crippen molar-refractivity contribution in [3.05, 3.63) is 16.1 Å². The van der Waals surface area contributed by atoms with Crippen LogP contribution >= 0.6 is 11.3 Å². The summed E-state index contributed by atoms with van der Waals surface area (Å²) in [6, 6.07) is 0. The standard InChI is InChI=1S/C12H20N2OS/c1-9(2)5-13-6-12-14-11(8-16-12)10-3-4-15-7-10/h8-10,13H,3-7H2,1-2H3. The average Bonchev–Trinajstić information content (AvgIpc) is 2.85. The summed E-state index contributed by atoms with van der Waals surface area (Å²) < 4.78 is 5.38. The van der Waals surface area contributed by atoms with Crippen LogP contribution in [-0.4, -0.2) is 24.7 Å². The summed E-state index contributed by atoms with van der Waals surface area (Å²) >= 11 is 1.76. The Bertz CT molecular complexity index is 319. The second-order valence-corrected chi connectivity index (χ2v) is 5.69. The van der Waals surface area contributed by atoms with Gasteiger partial charge >= 0.3 is 0 Å². The molecule has 0 spiro atoms. The van der Waals surface area contributed by atoms with E-state index in [1.807, 2.05) is 0 Å². The first-order chi connectivity index (χ1) is 7.75. The molecule has 1 fully saturated rings. The first-order valence-corrected chi connectivity index (χ1v) is 6.86. The van der Waals surface area contributed by atoms with Gasteiger partial charge in [-0.05, 0) is 18.9 Å². The first-order valence-electron chi connectivity index (χ1n) is 5.98. The summed E-state index contributed by atoms with van der Waals surface area (Å²) in [4.78, 5) is 4.67. The Kier molecular flexibility index (Phi) is 4.32. The maximum absolute atomic E-state index is 5.38. The van der Waals surface area contributed by atoms with Crippen LogP contribution in [0.4, 0.5) is 0 Å². The van der Waals surface area contributed by atoms with E-state index in [1.165, 1.54) is 10.7 Å². The van der Waals surface area contributed by atoms with Crippen molar-refractivity contribution in [2.75, 3.05) is 19.8 Å². The summed E-state index contributed by atoms with van der Waals surface area (Å²) in [5.41, 5.74) is 1.23. The normalized spacial score (nSPS) is 20.8. The number of nitrogens with zero attached hydrogens (tertiary/aromatic N) is 1. The zero-order valence-corrected chi connectivity index (χ0v) is 10.8. The average molecular weight is 240 g/mol. The quantitative estimate of drug-likeness (QED) is 0.858. The molecule has 0 amide bonds. The van der Waals surface area contributed by atoms with E-state index in [0.717, 1.165) is 32.7 Å². The minimum Gasteiger partial charge on any atom is -0.381 e. The predicted octanol–water partition coefficient (Wildman–Crippen LogP) is 2.39. The summed E-state index contributed by atoms with van der Waals surface area (Å²) in [6.45, 7) is 8.13. The second kappa shape index (κ2) is 5.75. The Morgan fingerprint density at radius 2 is 2.50 bits per heavy atom. The highest BCUT2D eigenvalue weighted by atomic mass is 32.1. The van der Waals surface area contributed by atoms with Gasteiger partial charge in [-0.1, -0.05) is 13.8 Å². The number of hydrogen-bond acceptors (Lipinski definition) is 4. The van der Waals surface area contributed by atoms with Gasteiger partial charge in [0.25, 0.3) is 0 Å². The van der Waals surface area contributed by atoms with E-state index in [2.05, 4.69) is 29.5 Å². The molecule has 0 aromatic carbocycles. The van der Waals surface area contributed by atoms with Crippen molar-refractivity contribution in [3.8, 4) is 0 Å². The molecule has 4 heteroatoms. The maximum Gasteiger partial charge on any atom is 0.107 e. The van der Waals surface area contributed by atoms with Crippen LogP contribution in [0.25, 0.3) is 0 Å². The van der Waals surface area contributed by atoms with Crippen LogP contribution in [0.1, 0.15) is 36.9 Å². The molecular formula is C12H20N2OS. The van der Waals surface area contributed by atoms with Gasteiger partial charge in [0.05, 0.1) is 12.3 Å². The number of ether oxygens (including phenoxy) is 1. The van der Waals surface area contributed by atoms with Gasteiger partial charge in [-0.3, -0.25) is 0 Å². The molecule has 90 valence electrons. The molecule has 0 saturated carbocycles. The molecule has 1 aliphatic heterocycles. The molecule has 0 radical (unpaired) electrons. The minimum absolute atomic E-state index is 0.537. The van der Waals surface area contributed by atoms with E-state index in [0.29, 0.717) is 11.8 Å². The number of hydrogen-bond donors (Lipinski definition) is 1. The van der Waals surface area contributed by atoms with Gasteiger partial charge in [-0.25, -0.2) is 4.98 Å². The van der Waals surface area contributed by atoms with Crippen molar-refractivity contribution >= 4 is 11.3 Å². The maximum atomic E-state index is 5.38. The third-order valence-corrected chi connectivity index (χ3v) is 3.61. The summed E-state index contributed by atoms with van der Waals surface area (Å²) in [5, 5.41) is 6.80. The number of thiazole rings is 1. The molecule has 3 nitrogen and oxygen atoms in total. The van der Waals surface area contributed by atoms with Crippen LogP contribution in [0.3, 0.4) is 0 Å². The molecule has 2 heterocycles. The molecule has 1 aliphatic rings. The van der Waals surface area contributed by atoms with Gasteiger partial charge in [0.15, 0.2) is 0 Å². The highest BCUT2D eigenvalue weighted by Crippen LogP contribution is 2.26. The molecule has 0 aliphatic carbocycles. The van der Waals surface area contributed by atoms with Gasteiger partial charge in [0.1, 0.15) is 5.01 Å². The number of aromatic nitrogens is 1. The van der Waals surface area contributed by atoms with Crippen molar-refractivity contribution < 1.29 is 4.74 Å². The molecule has 2 rings (SSSR count). The van der Waals surface area contributed by atoms with Gasteiger partial charge < -0.3 is 10.1 Å². The van der Waals surface area contributed by atoms with Crippen molar-refractivity contribution in [2.45, 2.75) is 32.7 Å². The molecule has 1 N–H and O–H groups in total. The number of rotatable bonds is 5. The Balaban J connectivity index is 1.82. The third-order valence-electron chi connectivity index (χ3n) is 2.75. The zero-order chi connectivity index (χ0) is 11.4. The van der Waals surface area contributed by atoms with Crippen LogP contribution in [0.15, 0.2) is 5.38 Å². The smallest absolute Gasteiger partial charge is 0.107 e. The molecule has 1 unspecified atom stereocenters. The zero-order valence-electron chi connectivity index (χ0n) is 10.0. The van der Waals surface area contributed by atoms with Crippen LogP contribution in [0.5, 0.6) is 0 Å². The van der Waals surface area contributed by atoms with Crippen molar-refractivity contribution in [1.82, 2.24) is 10.3 Å². The van der Waals surface area contributed by atoms with E-state index in [-0.39, 0.29) is 0 Å². The largest absolute Gasteiger partial charge is 0.381 e. The fraction of sp³-hybridized carbons (Fsp3) is 0.750. The minimum atomic E-state index is 0.537. The van der Waals surface area contributed by atoms with E-state index >= 15 is 0 Å². The fourth-order valence-corrected chi connectivity index (χ4v) is 2.67. The van der Waals surface area contributed by atoms with Crippen molar-refractivity contribution in [2.24, 2.45) is 5.92 Å². The summed E-state index contributed by atoms with van der Waals surface area (Å²) in [5.74, 6) is 1.23. The summed E-state index contributed by atoms with van der Waals surface area (Å²) in [7, 11) is 0. The lowest BCUT2D eigenvalue weighted by atomic mass is 10.1. The van der Waals surface area contributed by atoms with E-state index in [9.17, 15) is 0 Å². The SMILES string of the molecule is CC(C)CNCc1nc(C2CCOC2)cs1. The second-order valence-electron chi connectivity index (χ2n) is 4.75. The molecule has 16 heavy (non-hydrogen) atoms. The lowest BCUT2D eigenvalue weighted by molar-refractivity contribution is 0.193. The van der Waals surface area contributed by atoms with Crippen LogP contribution in [-0.2, 0) is 11.3 Å². The Labute approximate surface area is 101 Å². The summed E-state index contributed by atoms with van der Waals surface area (Å²) in [6.07, 6.45) is 1.13. The molecule has 1 aromatic rings. The Morgan fingerprint density at radius 3 is 3.19 bits per heavy atom. The molecule has 1 atom stereocenters. The fourth-order valence-electron chi connectivity index (χ4n) is 1.83. The van der Waals surface area contributed by atoms with E-state index in [1.54, 1.807) is 11.3 Å². The molecule has 1 saturated heterocycles. The number of nitrogens with one attached hydrogen (secondary N) is 1. The highest BCUT2D eigenvalue weighted by Gasteiger charge is 2.20. The van der Waals surface area contributed by atoms with E-state index < -0.39 is 0 Å². The van der Waals surface area contributed by atoms with Gasteiger partial charge in [-0.2, -0.15) is 0 Å².